The number of anilines is 2. The molecule has 3 rings (SSSR count). The largest absolute Gasteiger partial charge is 0.416 e. The molecule has 0 saturated carbocycles. The quantitative estimate of drug-likeness (QED) is 0.688. The van der Waals surface area contributed by atoms with Gasteiger partial charge in [-0.1, -0.05) is 5.16 Å². The van der Waals surface area contributed by atoms with E-state index in [-0.39, 0.29) is 17.1 Å². The maximum atomic E-state index is 12.6. The Kier molecular flexibility index (Phi) is 5.16. The fourth-order valence-electron chi connectivity index (χ4n) is 2.33. The van der Waals surface area contributed by atoms with Crippen LogP contribution in [-0.4, -0.2) is 17.0 Å². The lowest BCUT2D eigenvalue weighted by Gasteiger charge is -2.09. The Hall–Kier alpha value is -3.62. The SMILES string of the molecule is Cc1cc(NC(=O)c2ccc(C(=O)Nc3ccc(C(F)(F)F)cc3)cc2)no1. The summed E-state index contributed by atoms with van der Waals surface area (Å²) >= 11 is 0. The molecule has 2 aromatic carbocycles. The first-order valence-corrected chi connectivity index (χ1v) is 8.06. The van der Waals surface area contributed by atoms with Gasteiger partial charge in [-0.25, -0.2) is 0 Å². The van der Waals surface area contributed by atoms with Crippen LogP contribution in [0.1, 0.15) is 32.0 Å². The van der Waals surface area contributed by atoms with Gasteiger partial charge in [0.15, 0.2) is 5.82 Å². The predicted octanol–water partition coefficient (Wildman–Crippen LogP) is 4.51. The molecule has 2 N–H and O–H groups in total. The third-order valence-electron chi connectivity index (χ3n) is 3.75. The van der Waals surface area contributed by atoms with Crippen LogP contribution in [0.3, 0.4) is 0 Å². The Labute approximate surface area is 157 Å². The van der Waals surface area contributed by atoms with Crippen molar-refractivity contribution in [2.75, 3.05) is 10.6 Å². The van der Waals surface area contributed by atoms with Gasteiger partial charge in [0.2, 0.25) is 0 Å². The summed E-state index contributed by atoms with van der Waals surface area (Å²) in [4.78, 5) is 24.3. The van der Waals surface area contributed by atoms with Crippen molar-refractivity contribution in [3.05, 3.63) is 77.0 Å². The normalized spacial score (nSPS) is 11.1. The van der Waals surface area contributed by atoms with Crippen molar-refractivity contribution in [3.8, 4) is 0 Å². The molecule has 0 spiro atoms. The standard InChI is InChI=1S/C19H14F3N3O3/c1-11-10-16(25-28-11)24-18(27)13-4-2-12(3-5-13)17(26)23-15-8-6-14(7-9-15)19(20,21)22/h2-10H,1H3,(H,23,26)(H,24,25,27). The van der Waals surface area contributed by atoms with Gasteiger partial charge in [-0.15, -0.1) is 0 Å². The van der Waals surface area contributed by atoms with E-state index in [1.54, 1.807) is 13.0 Å². The van der Waals surface area contributed by atoms with Crippen molar-refractivity contribution >= 4 is 23.3 Å². The summed E-state index contributed by atoms with van der Waals surface area (Å²) in [6, 6.07) is 11.4. The molecule has 1 aromatic heterocycles. The zero-order chi connectivity index (χ0) is 20.3. The Morgan fingerprint density at radius 3 is 1.89 bits per heavy atom. The Morgan fingerprint density at radius 1 is 0.893 bits per heavy atom. The molecule has 1 heterocycles. The van der Waals surface area contributed by atoms with Crippen LogP contribution in [-0.2, 0) is 6.18 Å². The van der Waals surface area contributed by atoms with Crippen molar-refractivity contribution in [1.82, 2.24) is 5.16 Å². The van der Waals surface area contributed by atoms with Crippen LogP contribution < -0.4 is 10.6 Å². The van der Waals surface area contributed by atoms with Gasteiger partial charge in [-0.2, -0.15) is 13.2 Å². The summed E-state index contributed by atoms with van der Waals surface area (Å²) in [6.45, 7) is 1.69. The first kappa shape index (κ1) is 19.2. The molecule has 0 aliphatic heterocycles. The van der Waals surface area contributed by atoms with Gasteiger partial charge in [0.05, 0.1) is 5.56 Å². The van der Waals surface area contributed by atoms with Crippen LogP contribution in [0.25, 0.3) is 0 Å². The van der Waals surface area contributed by atoms with E-state index in [1.807, 2.05) is 0 Å². The molecule has 9 heteroatoms. The lowest BCUT2D eigenvalue weighted by Crippen LogP contribution is -2.14. The molecule has 3 aromatic rings. The number of rotatable bonds is 4. The molecular formula is C19H14F3N3O3. The first-order valence-electron chi connectivity index (χ1n) is 8.06. The first-order chi connectivity index (χ1) is 13.2. The number of alkyl halides is 3. The van der Waals surface area contributed by atoms with E-state index in [4.69, 9.17) is 4.52 Å². The number of nitrogens with one attached hydrogen (secondary N) is 2. The van der Waals surface area contributed by atoms with Crippen molar-refractivity contribution in [2.45, 2.75) is 13.1 Å². The molecule has 28 heavy (non-hydrogen) atoms. The highest BCUT2D eigenvalue weighted by atomic mass is 19.4. The van der Waals surface area contributed by atoms with Gasteiger partial charge >= 0.3 is 6.18 Å². The summed E-state index contributed by atoms with van der Waals surface area (Å²) in [7, 11) is 0. The smallest absolute Gasteiger partial charge is 0.360 e. The number of benzene rings is 2. The molecule has 0 atom stereocenters. The van der Waals surface area contributed by atoms with E-state index < -0.39 is 23.6 Å². The number of aromatic nitrogens is 1. The minimum atomic E-state index is -4.44. The number of halogens is 3. The van der Waals surface area contributed by atoms with Gasteiger partial charge < -0.3 is 15.2 Å². The van der Waals surface area contributed by atoms with Gasteiger partial charge in [0.25, 0.3) is 11.8 Å². The highest BCUT2D eigenvalue weighted by Gasteiger charge is 2.30. The zero-order valence-corrected chi connectivity index (χ0v) is 14.5. The Bertz CT molecular complexity index is 994. The lowest BCUT2D eigenvalue weighted by molar-refractivity contribution is -0.137. The number of amides is 2. The summed E-state index contributed by atoms with van der Waals surface area (Å²) in [6.07, 6.45) is -4.44. The highest BCUT2D eigenvalue weighted by Crippen LogP contribution is 2.29. The van der Waals surface area contributed by atoms with E-state index >= 15 is 0 Å². The minimum absolute atomic E-state index is 0.223. The second-order valence-corrected chi connectivity index (χ2v) is 5.88. The topological polar surface area (TPSA) is 84.2 Å². The maximum absolute atomic E-state index is 12.6. The molecule has 0 unspecified atom stereocenters. The van der Waals surface area contributed by atoms with Crippen molar-refractivity contribution in [3.63, 3.8) is 0 Å². The van der Waals surface area contributed by atoms with Gasteiger partial charge in [0, 0.05) is 22.9 Å². The van der Waals surface area contributed by atoms with Gasteiger partial charge in [-0.3, -0.25) is 9.59 Å². The zero-order valence-electron chi connectivity index (χ0n) is 14.5. The third-order valence-corrected chi connectivity index (χ3v) is 3.75. The molecular weight excluding hydrogens is 375 g/mol. The monoisotopic (exact) mass is 389 g/mol. The molecule has 0 radical (unpaired) electrons. The van der Waals surface area contributed by atoms with Crippen molar-refractivity contribution in [2.24, 2.45) is 0 Å². The molecule has 0 saturated heterocycles. The summed E-state index contributed by atoms with van der Waals surface area (Å²) in [5.74, 6) is -0.126. The van der Waals surface area contributed by atoms with E-state index in [0.29, 0.717) is 11.3 Å². The van der Waals surface area contributed by atoms with Gasteiger partial charge in [0.1, 0.15) is 5.76 Å². The van der Waals surface area contributed by atoms with Crippen LogP contribution in [0.4, 0.5) is 24.7 Å². The average molecular weight is 389 g/mol. The average Bonchev–Trinajstić information content (AvgIpc) is 3.06. The molecule has 0 fully saturated rings. The minimum Gasteiger partial charge on any atom is -0.360 e. The predicted molar refractivity (Wildman–Crippen MR) is 95.0 cm³/mol. The van der Waals surface area contributed by atoms with E-state index in [2.05, 4.69) is 15.8 Å². The second kappa shape index (κ2) is 7.55. The summed E-state index contributed by atoms with van der Waals surface area (Å²) < 4.78 is 42.5. The summed E-state index contributed by atoms with van der Waals surface area (Å²) in [5.41, 5.74) is -0.0372. The van der Waals surface area contributed by atoms with E-state index in [0.717, 1.165) is 12.1 Å². The molecule has 0 bridgehead atoms. The fraction of sp³-hybridized carbons (Fsp3) is 0.105. The molecule has 0 aliphatic carbocycles. The van der Waals surface area contributed by atoms with Crippen LogP contribution >= 0.6 is 0 Å². The lowest BCUT2D eigenvalue weighted by atomic mass is 10.1. The number of nitrogens with zero attached hydrogens (tertiary/aromatic N) is 1. The third kappa shape index (κ3) is 4.56. The fourth-order valence-corrected chi connectivity index (χ4v) is 2.33. The number of carbonyl (C=O) groups excluding carboxylic acids is 2. The number of carbonyl (C=O) groups is 2. The molecule has 6 nitrogen and oxygen atoms in total. The molecule has 0 aliphatic rings. The van der Waals surface area contributed by atoms with E-state index in [9.17, 15) is 22.8 Å². The van der Waals surface area contributed by atoms with Crippen molar-refractivity contribution in [1.29, 1.82) is 0 Å². The van der Waals surface area contributed by atoms with Crippen molar-refractivity contribution < 1.29 is 27.3 Å². The van der Waals surface area contributed by atoms with Crippen LogP contribution in [0, 0.1) is 6.92 Å². The molecule has 144 valence electrons. The molecule has 2 amide bonds. The van der Waals surface area contributed by atoms with E-state index in [1.165, 1.54) is 36.4 Å². The Balaban J connectivity index is 1.64. The maximum Gasteiger partial charge on any atom is 0.416 e. The number of hydrogen-bond donors (Lipinski definition) is 2. The van der Waals surface area contributed by atoms with Crippen LogP contribution in [0.2, 0.25) is 0 Å². The second-order valence-electron chi connectivity index (χ2n) is 5.88. The van der Waals surface area contributed by atoms with Gasteiger partial charge in [-0.05, 0) is 55.5 Å². The highest BCUT2D eigenvalue weighted by molar-refractivity contribution is 6.06. The van der Waals surface area contributed by atoms with Crippen LogP contribution in [0.5, 0.6) is 0 Å². The van der Waals surface area contributed by atoms with Crippen LogP contribution in [0.15, 0.2) is 59.1 Å². The number of hydrogen-bond acceptors (Lipinski definition) is 4. The number of aryl methyl sites for hydroxylation is 1. The Morgan fingerprint density at radius 2 is 1.43 bits per heavy atom. The summed E-state index contributed by atoms with van der Waals surface area (Å²) in [5, 5.41) is 8.70.